The number of nitrogens with zero attached hydrogens (tertiary/aromatic N) is 2. The molecule has 5 heteroatoms. The molecule has 5 nitrogen and oxygen atoms in total. The Morgan fingerprint density at radius 1 is 1.38 bits per heavy atom. The van der Waals surface area contributed by atoms with E-state index in [0.717, 1.165) is 57.1 Å². The summed E-state index contributed by atoms with van der Waals surface area (Å²) < 4.78 is 0. The maximum Gasteiger partial charge on any atom is 0.227 e. The molecular weight excluding hydrogens is 264 g/mol. The number of fused-ring (bicyclic) bond motifs is 1. The average molecular weight is 286 g/mol. The number of hydrogen-bond acceptors (Lipinski definition) is 4. The summed E-state index contributed by atoms with van der Waals surface area (Å²) in [6, 6.07) is 8.18. The van der Waals surface area contributed by atoms with Gasteiger partial charge in [-0.3, -0.25) is 9.79 Å². The number of amides is 1. The minimum Gasteiger partial charge on any atom is -0.356 e. The van der Waals surface area contributed by atoms with Crippen molar-refractivity contribution in [3.05, 3.63) is 29.8 Å². The lowest BCUT2D eigenvalue weighted by Gasteiger charge is -2.18. The summed E-state index contributed by atoms with van der Waals surface area (Å²) in [5.74, 6) is 1.10. The number of para-hydroxylation sites is 1. The summed E-state index contributed by atoms with van der Waals surface area (Å²) >= 11 is 0. The number of guanidine groups is 1. The lowest BCUT2D eigenvalue weighted by Crippen LogP contribution is -2.41. The molecule has 0 spiro atoms. The van der Waals surface area contributed by atoms with Gasteiger partial charge >= 0.3 is 0 Å². The summed E-state index contributed by atoms with van der Waals surface area (Å²) in [6.07, 6.45) is 3.48. The minimum absolute atomic E-state index is 0.222. The topological polar surface area (TPSA) is 56.7 Å². The fourth-order valence-electron chi connectivity index (χ4n) is 2.83. The maximum atomic E-state index is 12.3. The Kier molecular flexibility index (Phi) is 4.38. The molecule has 0 bridgehead atoms. The Labute approximate surface area is 125 Å². The number of nitrogens with one attached hydrogen (secondary N) is 2. The number of aliphatic imine (C=N–C) groups is 1. The molecule has 1 amide bonds. The molecule has 0 aliphatic carbocycles. The van der Waals surface area contributed by atoms with Crippen molar-refractivity contribution in [2.75, 3.05) is 31.1 Å². The zero-order valence-corrected chi connectivity index (χ0v) is 12.3. The van der Waals surface area contributed by atoms with Gasteiger partial charge in [-0.2, -0.15) is 0 Å². The van der Waals surface area contributed by atoms with E-state index in [1.165, 1.54) is 5.56 Å². The predicted molar refractivity (Wildman–Crippen MR) is 84.7 cm³/mol. The van der Waals surface area contributed by atoms with Crippen molar-refractivity contribution in [3.63, 3.8) is 0 Å². The van der Waals surface area contributed by atoms with Crippen molar-refractivity contribution in [1.29, 1.82) is 0 Å². The standard InChI is InChI=1S/C16H22N4O/c21-15(7-3-9-17-16-18-10-4-11-19-16)20-12-8-13-5-1-2-6-14(13)20/h1-2,5-6H,3-4,7-12H2,(H2,17,18,19). The molecule has 2 N–H and O–H groups in total. The summed E-state index contributed by atoms with van der Waals surface area (Å²) in [5.41, 5.74) is 2.37. The third-order valence-electron chi connectivity index (χ3n) is 3.95. The van der Waals surface area contributed by atoms with E-state index in [1.54, 1.807) is 0 Å². The number of rotatable bonds is 4. The number of benzene rings is 1. The number of carbonyl (C=O) groups is 1. The highest BCUT2D eigenvalue weighted by Crippen LogP contribution is 2.27. The van der Waals surface area contributed by atoms with E-state index in [0.29, 0.717) is 6.42 Å². The van der Waals surface area contributed by atoms with Crippen LogP contribution >= 0.6 is 0 Å². The van der Waals surface area contributed by atoms with Gasteiger partial charge in [0.05, 0.1) is 0 Å². The van der Waals surface area contributed by atoms with Gasteiger partial charge in [0.1, 0.15) is 0 Å². The van der Waals surface area contributed by atoms with Gasteiger partial charge < -0.3 is 15.5 Å². The van der Waals surface area contributed by atoms with Crippen molar-refractivity contribution in [2.24, 2.45) is 4.99 Å². The van der Waals surface area contributed by atoms with Crippen LogP contribution in [0.5, 0.6) is 0 Å². The average Bonchev–Trinajstić information content (AvgIpc) is 2.96. The molecule has 0 unspecified atom stereocenters. The van der Waals surface area contributed by atoms with Crippen LogP contribution in [-0.2, 0) is 11.2 Å². The van der Waals surface area contributed by atoms with Crippen LogP contribution < -0.4 is 15.5 Å². The van der Waals surface area contributed by atoms with E-state index in [2.05, 4.69) is 21.7 Å². The largest absolute Gasteiger partial charge is 0.356 e. The zero-order chi connectivity index (χ0) is 14.5. The highest BCUT2D eigenvalue weighted by molar-refractivity contribution is 5.95. The van der Waals surface area contributed by atoms with Crippen molar-refractivity contribution < 1.29 is 4.79 Å². The first-order valence-electron chi connectivity index (χ1n) is 7.75. The Morgan fingerprint density at radius 3 is 3.14 bits per heavy atom. The second-order valence-electron chi connectivity index (χ2n) is 5.47. The van der Waals surface area contributed by atoms with Crippen LogP contribution in [0, 0.1) is 0 Å². The van der Waals surface area contributed by atoms with Crippen LogP contribution in [0.1, 0.15) is 24.8 Å². The summed E-state index contributed by atoms with van der Waals surface area (Å²) in [4.78, 5) is 18.6. The lowest BCUT2D eigenvalue weighted by atomic mass is 10.2. The van der Waals surface area contributed by atoms with Crippen LogP contribution in [0.25, 0.3) is 0 Å². The quantitative estimate of drug-likeness (QED) is 0.820. The second-order valence-corrected chi connectivity index (χ2v) is 5.47. The Morgan fingerprint density at radius 2 is 2.29 bits per heavy atom. The minimum atomic E-state index is 0.222. The van der Waals surface area contributed by atoms with Gasteiger partial charge in [-0.15, -0.1) is 0 Å². The molecule has 2 aliphatic heterocycles. The fourth-order valence-corrected chi connectivity index (χ4v) is 2.83. The Balaban J connectivity index is 1.44. The zero-order valence-electron chi connectivity index (χ0n) is 12.3. The first-order valence-corrected chi connectivity index (χ1v) is 7.75. The van der Waals surface area contributed by atoms with E-state index in [1.807, 2.05) is 23.1 Å². The molecule has 0 fully saturated rings. The molecule has 3 rings (SSSR count). The number of hydrogen-bond donors (Lipinski definition) is 2. The van der Waals surface area contributed by atoms with Crippen LogP contribution in [0.2, 0.25) is 0 Å². The smallest absolute Gasteiger partial charge is 0.227 e. The third kappa shape index (κ3) is 3.35. The van der Waals surface area contributed by atoms with Gasteiger partial charge in [0, 0.05) is 38.3 Å². The summed E-state index contributed by atoms with van der Waals surface area (Å²) in [5, 5.41) is 6.47. The van der Waals surface area contributed by atoms with Crippen molar-refractivity contribution >= 4 is 17.6 Å². The molecule has 2 heterocycles. The first kappa shape index (κ1) is 13.9. The van der Waals surface area contributed by atoms with Gasteiger partial charge in [-0.25, -0.2) is 0 Å². The fraction of sp³-hybridized carbons (Fsp3) is 0.500. The summed E-state index contributed by atoms with van der Waals surface area (Å²) in [6.45, 7) is 3.47. The maximum absolute atomic E-state index is 12.3. The molecule has 112 valence electrons. The predicted octanol–water partition coefficient (Wildman–Crippen LogP) is 1.29. The second kappa shape index (κ2) is 6.61. The first-order chi connectivity index (χ1) is 10.3. The normalized spacial score (nSPS) is 17.0. The monoisotopic (exact) mass is 286 g/mol. The molecule has 0 radical (unpaired) electrons. The molecule has 1 aromatic rings. The van der Waals surface area contributed by atoms with Crippen LogP contribution in [0.15, 0.2) is 29.3 Å². The Bertz CT molecular complexity index is 541. The van der Waals surface area contributed by atoms with Crippen LogP contribution in [0.4, 0.5) is 5.69 Å². The van der Waals surface area contributed by atoms with Crippen molar-refractivity contribution in [1.82, 2.24) is 10.6 Å². The molecule has 2 aliphatic rings. The molecule has 0 saturated heterocycles. The van der Waals surface area contributed by atoms with Gasteiger partial charge in [0.15, 0.2) is 5.96 Å². The SMILES string of the molecule is O=C(CCCNC1=NCCCN1)N1CCc2ccccc21. The van der Waals surface area contributed by atoms with E-state index < -0.39 is 0 Å². The molecule has 0 aromatic heterocycles. The third-order valence-corrected chi connectivity index (χ3v) is 3.95. The van der Waals surface area contributed by atoms with Crippen molar-refractivity contribution in [2.45, 2.75) is 25.7 Å². The summed E-state index contributed by atoms with van der Waals surface area (Å²) in [7, 11) is 0. The van der Waals surface area contributed by atoms with Gasteiger partial charge in [0.2, 0.25) is 5.91 Å². The number of anilines is 1. The van der Waals surface area contributed by atoms with E-state index in [-0.39, 0.29) is 5.91 Å². The van der Waals surface area contributed by atoms with E-state index >= 15 is 0 Å². The highest BCUT2D eigenvalue weighted by Gasteiger charge is 2.23. The van der Waals surface area contributed by atoms with E-state index in [4.69, 9.17) is 0 Å². The molecule has 0 saturated carbocycles. The molecule has 0 atom stereocenters. The van der Waals surface area contributed by atoms with Gasteiger partial charge in [0.25, 0.3) is 0 Å². The van der Waals surface area contributed by atoms with Crippen LogP contribution in [-0.4, -0.2) is 38.0 Å². The highest BCUT2D eigenvalue weighted by atomic mass is 16.2. The van der Waals surface area contributed by atoms with Crippen molar-refractivity contribution in [3.8, 4) is 0 Å². The van der Waals surface area contributed by atoms with E-state index in [9.17, 15) is 4.79 Å². The molecule has 21 heavy (non-hydrogen) atoms. The number of carbonyl (C=O) groups excluding carboxylic acids is 1. The molecular formula is C16H22N4O. The molecule has 1 aromatic carbocycles. The van der Waals surface area contributed by atoms with Crippen LogP contribution in [0.3, 0.4) is 0 Å². The Hall–Kier alpha value is -2.04. The van der Waals surface area contributed by atoms with Gasteiger partial charge in [-0.1, -0.05) is 18.2 Å². The van der Waals surface area contributed by atoms with Gasteiger partial charge in [-0.05, 0) is 30.9 Å². The lowest BCUT2D eigenvalue weighted by molar-refractivity contribution is -0.118.